The molecule has 0 saturated carbocycles. The van der Waals surface area contributed by atoms with Gasteiger partial charge in [0.05, 0.1) is 16.1 Å². The third-order valence-electron chi connectivity index (χ3n) is 5.38. The first-order valence-electron chi connectivity index (χ1n) is 10.7. The second-order valence-electron chi connectivity index (χ2n) is 8.31. The Morgan fingerprint density at radius 3 is 2.60 bits per heavy atom. The van der Waals surface area contributed by atoms with E-state index in [0.29, 0.717) is 5.92 Å². The molecule has 0 amide bonds. The maximum absolute atomic E-state index is 13.1. The zero-order valence-corrected chi connectivity index (χ0v) is 19.0. The molecule has 2 heterocycles. The normalized spacial score (nSPS) is 11.8. The lowest BCUT2D eigenvalue weighted by Crippen LogP contribution is -2.22. The minimum absolute atomic E-state index is 0.00669. The van der Waals surface area contributed by atoms with Crippen molar-refractivity contribution in [2.75, 3.05) is 5.75 Å². The maximum Gasteiger partial charge on any atom is 0.277 e. The highest BCUT2D eigenvalue weighted by Crippen LogP contribution is 2.32. The Hall–Kier alpha value is -2.53. The summed E-state index contributed by atoms with van der Waals surface area (Å²) in [6.45, 7) is 7.31. The molecule has 2 aromatic carbocycles. The molecular formula is C25H29N3OS. The van der Waals surface area contributed by atoms with Crippen LogP contribution in [0.15, 0.2) is 58.5 Å². The fraction of sp³-hybridized carbons (Fsp3) is 0.360. The molecule has 5 heteroatoms. The van der Waals surface area contributed by atoms with Crippen molar-refractivity contribution in [1.29, 1.82) is 0 Å². The van der Waals surface area contributed by atoms with Gasteiger partial charge in [0.25, 0.3) is 5.56 Å². The average molecular weight is 420 g/mol. The first-order valence-corrected chi connectivity index (χ1v) is 11.7. The molecule has 0 fully saturated rings. The summed E-state index contributed by atoms with van der Waals surface area (Å²) >= 11 is 1.78. The van der Waals surface area contributed by atoms with Crippen LogP contribution in [-0.4, -0.2) is 20.1 Å². The molecular weight excluding hydrogens is 390 g/mol. The van der Waals surface area contributed by atoms with Gasteiger partial charge in [-0.25, -0.2) is 4.68 Å². The molecule has 0 spiro atoms. The third kappa shape index (κ3) is 3.91. The number of nitrogens with zero attached hydrogens (tertiary/aromatic N) is 3. The molecule has 4 rings (SSSR count). The van der Waals surface area contributed by atoms with Crippen molar-refractivity contribution in [1.82, 2.24) is 14.3 Å². The third-order valence-corrected chi connectivity index (χ3v) is 6.71. The van der Waals surface area contributed by atoms with Gasteiger partial charge in [-0.3, -0.25) is 4.79 Å². The Kier molecular flexibility index (Phi) is 6.00. The van der Waals surface area contributed by atoms with E-state index in [9.17, 15) is 4.79 Å². The van der Waals surface area contributed by atoms with E-state index in [1.165, 1.54) is 21.0 Å². The number of thioether (sulfide) groups is 1. The Morgan fingerprint density at radius 1 is 1.07 bits per heavy atom. The maximum atomic E-state index is 13.1. The van der Waals surface area contributed by atoms with Gasteiger partial charge in [-0.05, 0) is 40.8 Å². The van der Waals surface area contributed by atoms with Gasteiger partial charge in [0, 0.05) is 25.2 Å². The number of hydrogen-bond donors (Lipinski definition) is 0. The minimum atomic E-state index is -0.00669. The van der Waals surface area contributed by atoms with E-state index in [4.69, 9.17) is 0 Å². The van der Waals surface area contributed by atoms with E-state index in [1.54, 1.807) is 18.8 Å². The van der Waals surface area contributed by atoms with Crippen molar-refractivity contribution in [3.05, 3.63) is 70.3 Å². The van der Waals surface area contributed by atoms with Crippen molar-refractivity contribution in [3.63, 3.8) is 0 Å². The molecule has 0 bridgehead atoms. The molecule has 4 nitrogen and oxygen atoms in total. The molecule has 0 atom stereocenters. The lowest BCUT2D eigenvalue weighted by molar-refractivity contribution is 0.605. The van der Waals surface area contributed by atoms with E-state index in [-0.39, 0.29) is 5.56 Å². The Bertz CT molecular complexity index is 1250. The van der Waals surface area contributed by atoms with Crippen LogP contribution in [0.3, 0.4) is 0 Å². The zero-order valence-electron chi connectivity index (χ0n) is 18.2. The molecule has 0 N–H and O–H groups in total. The smallest absolute Gasteiger partial charge is 0.277 e. The predicted molar refractivity (Wildman–Crippen MR) is 128 cm³/mol. The Labute approximate surface area is 181 Å². The molecule has 0 unspecified atom stereocenters. The molecule has 0 aliphatic rings. The Balaban J connectivity index is 1.92. The largest absolute Gasteiger partial charge is 0.337 e. The van der Waals surface area contributed by atoms with Gasteiger partial charge in [0.2, 0.25) is 0 Å². The molecule has 0 radical (unpaired) electrons. The number of aryl methyl sites for hydroxylation is 1. The van der Waals surface area contributed by atoms with Crippen molar-refractivity contribution >= 4 is 33.3 Å². The summed E-state index contributed by atoms with van der Waals surface area (Å²) in [6.07, 6.45) is 4.08. The van der Waals surface area contributed by atoms with Gasteiger partial charge in [-0.2, -0.15) is 5.10 Å². The molecule has 0 saturated heterocycles. The van der Waals surface area contributed by atoms with Crippen molar-refractivity contribution in [2.45, 2.75) is 45.2 Å². The van der Waals surface area contributed by atoms with Crippen LogP contribution >= 0.6 is 11.8 Å². The molecule has 0 aliphatic carbocycles. The van der Waals surface area contributed by atoms with Crippen molar-refractivity contribution in [2.24, 2.45) is 13.0 Å². The topological polar surface area (TPSA) is 39.8 Å². The number of fused-ring (bicyclic) bond motifs is 2. The summed E-state index contributed by atoms with van der Waals surface area (Å²) in [5, 5.41) is 10.0. The van der Waals surface area contributed by atoms with Gasteiger partial charge >= 0.3 is 0 Å². The van der Waals surface area contributed by atoms with E-state index in [0.717, 1.165) is 46.6 Å². The van der Waals surface area contributed by atoms with Crippen LogP contribution in [0, 0.1) is 5.92 Å². The van der Waals surface area contributed by atoms with Crippen LogP contribution in [0.1, 0.15) is 38.4 Å². The summed E-state index contributed by atoms with van der Waals surface area (Å²) in [5.74, 6) is 1.46. The van der Waals surface area contributed by atoms with Gasteiger partial charge < -0.3 is 4.57 Å². The highest BCUT2D eigenvalue weighted by atomic mass is 32.2. The standard InChI is InChI=1S/C25H29N3OS/c1-5-13-30-25-23-21(22(14-17(2)3)26-27(4)24(23)29)16-28(25)15-19-11-8-10-18-9-6-7-12-20(18)19/h6-12,16-17H,5,13-15H2,1-4H3. The summed E-state index contributed by atoms with van der Waals surface area (Å²) < 4.78 is 3.78. The highest BCUT2D eigenvalue weighted by molar-refractivity contribution is 7.99. The molecule has 0 aliphatic heterocycles. The predicted octanol–water partition coefficient (Wildman–Crippen LogP) is 5.64. The van der Waals surface area contributed by atoms with E-state index in [2.05, 4.69) is 79.1 Å². The number of aromatic nitrogens is 3. The average Bonchev–Trinajstić information content (AvgIpc) is 3.09. The SMILES string of the molecule is CCCSc1c2c(=O)n(C)nc(CC(C)C)c2cn1Cc1cccc2ccccc12. The van der Waals surface area contributed by atoms with E-state index < -0.39 is 0 Å². The second-order valence-corrected chi connectivity index (χ2v) is 9.39. The van der Waals surface area contributed by atoms with Crippen LogP contribution in [0.4, 0.5) is 0 Å². The first-order chi connectivity index (χ1) is 14.5. The minimum Gasteiger partial charge on any atom is -0.337 e. The molecule has 30 heavy (non-hydrogen) atoms. The number of benzene rings is 2. The van der Waals surface area contributed by atoms with Gasteiger partial charge in [0.1, 0.15) is 0 Å². The summed E-state index contributed by atoms with van der Waals surface area (Å²) in [5.41, 5.74) is 2.27. The fourth-order valence-corrected chi connectivity index (χ4v) is 5.05. The fourth-order valence-electron chi connectivity index (χ4n) is 4.03. The molecule has 156 valence electrons. The van der Waals surface area contributed by atoms with Gasteiger partial charge in [-0.15, -0.1) is 11.8 Å². The quantitative estimate of drug-likeness (QED) is 0.364. The van der Waals surface area contributed by atoms with E-state index in [1.807, 2.05) is 0 Å². The lowest BCUT2D eigenvalue weighted by atomic mass is 10.0. The van der Waals surface area contributed by atoms with Gasteiger partial charge in [0.15, 0.2) is 0 Å². The number of hydrogen-bond acceptors (Lipinski definition) is 3. The van der Waals surface area contributed by atoms with Crippen LogP contribution in [0.25, 0.3) is 21.5 Å². The Morgan fingerprint density at radius 2 is 1.83 bits per heavy atom. The second kappa shape index (κ2) is 8.68. The van der Waals surface area contributed by atoms with Crippen LogP contribution in [-0.2, 0) is 20.0 Å². The highest BCUT2D eigenvalue weighted by Gasteiger charge is 2.19. The van der Waals surface area contributed by atoms with Crippen molar-refractivity contribution in [3.8, 4) is 0 Å². The summed E-state index contributed by atoms with van der Waals surface area (Å²) in [4.78, 5) is 13.1. The summed E-state index contributed by atoms with van der Waals surface area (Å²) in [6, 6.07) is 14.9. The van der Waals surface area contributed by atoms with Crippen LogP contribution in [0.2, 0.25) is 0 Å². The molecule has 4 aromatic rings. The van der Waals surface area contributed by atoms with Crippen molar-refractivity contribution < 1.29 is 0 Å². The van der Waals surface area contributed by atoms with Gasteiger partial charge in [-0.1, -0.05) is 63.2 Å². The molecule has 2 aromatic heterocycles. The van der Waals surface area contributed by atoms with Crippen LogP contribution < -0.4 is 5.56 Å². The van der Waals surface area contributed by atoms with E-state index >= 15 is 0 Å². The first kappa shape index (κ1) is 20.7. The lowest BCUT2D eigenvalue weighted by Gasteiger charge is -2.11. The monoisotopic (exact) mass is 419 g/mol. The number of rotatable bonds is 7. The van der Waals surface area contributed by atoms with Crippen LogP contribution in [0.5, 0.6) is 0 Å². The summed E-state index contributed by atoms with van der Waals surface area (Å²) in [7, 11) is 1.77. The zero-order chi connectivity index (χ0) is 21.3.